The molecular formula is C13H16N2O4. The number of aliphatic carboxylic acids is 1. The van der Waals surface area contributed by atoms with E-state index in [-0.39, 0.29) is 13.0 Å². The summed E-state index contributed by atoms with van der Waals surface area (Å²) in [6.07, 6.45) is -0.727. The van der Waals surface area contributed by atoms with E-state index in [4.69, 9.17) is 10.8 Å². The number of rotatable bonds is 2. The van der Waals surface area contributed by atoms with Crippen molar-refractivity contribution in [2.24, 2.45) is 0 Å². The average Bonchev–Trinajstić information content (AvgIpc) is 2.74. The van der Waals surface area contributed by atoms with Crippen molar-refractivity contribution in [2.45, 2.75) is 25.5 Å². The lowest BCUT2D eigenvalue weighted by Crippen LogP contribution is -2.40. The van der Waals surface area contributed by atoms with Crippen LogP contribution in [-0.4, -0.2) is 45.7 Å². The molecule has 1 aromatic carbocycles. The Bertz CT molecular complexity index is 529. The Morgan fingerprint density at radius 3 is 2.68 bits per heavy atom. The number of carboxylic acid groups (broad SMARTS) is 1. The fourth-order valence-corrected chi connectivity index (χ4v) is 2.25. The fraction of sp³-hybridized carbons (Fsp3) is 0.385. The van der Waals surface area contributed by atoms with Crippen molar-refractivity contribution >= 4 is 17.6 Å². The zero-order valence-electron chi connectivity index (χ0n) is 10.5. The maximum absolute atomic E-state index is 12.3. The SMILES string of the molecule is Cc1cc(C(=O)N2CC(O)C[C@H]2C(=O)O)ccc1N. The molecule has 0 saturated carbocycles. The molecule has 102 valence electrons. The van der Waals surface area contributed by atoms with Gasteiger partial charge in [-0.25, -0.2) is 4.79 Å². The van der Waals surface area contributed by atoms with E-state index in [9.17, 15) is 14.7 Å². The van der Waals surface area contributed by atoms with E-state index in [1.165, 1.54) is 4.90 Å². The van der Waals surface area contributed by atoms with Crippen LogP contribution in [0, 0.1) is 6.92 Å². The van der Waals surface area contributed by atoms with Gasteiger partial charge in [-0.2, -0.15) is 0 Å². The van der Waals surface area contributed by atoms with Crippen molar-refractivity contribution in [2.75, 3.05) is 12.3 Å². The summed E-state index contributed by atoms with van der Waals surface area (Å²) in [6, 6.07) is 3.83. The monoisotopic (exact) mass is 264 g/mol. The second kappa shape index (κ2) is 4.89. The molecule has 6 nitrogen and oxygen atoms in total. The summed E-state index contributed by atoms with van der Waals surface area (Å²) >= 11 is 0. The molecule has 1 unspecified atom stereocenters. The molecule has 2 rings (SSSR count). The van der Waals surface area contributed by atoms with E-state index in [1.54, 1.807) is 25.1 Å². The van der Waals surface area contributed by atoms with Gasteiger partial charge in [0.25, 0.3) is 5.91 Å². The predicted octanol–water partition coefficient (Wildman–Crippen LogP) is 0.237. The van der Waals surface area contributed by atoms with Gasteiger partial charge in [0.1, 0.15) is 6.04 Å². The number of nitrogens with two attached hydrogens (primary N) is 1. The Hall–Kier alpha value is -2.08. The lowest BCUT2D eigenvalue weighted by molar-refractivity contribution is -0.141. The summed E-state index contributed by atoms with van der Waals surface area (Å²) in [5.74, 6) is -1.50. The Morgan fingerprint density at radius 1 is 1.42 bits per heavy atom. The van der Waals surface area contributed by atoms with Crippen molar-refractivity contribution in [3.05, 3.63) is 29.3 Å². The molecule has 0 radical (unpaired) electrons. The first-order valence-electron chi connectivity index (χ1n) is 5.98. The van der Waals surface area contributed by atoms with E-state index in [1.807, 2.05) is 0 Å². The Labute approximate surface area is 110 Å². The second-order valence-electron chi connectivity index (χ2n) is 4.77. The van der Waals surface area contributed by atoms with Gasteiger partial charge in [0.15, 0.2) is 0 Å². The highest BCUT2D eigenvalue weighted by molar-refractivity contribution is 5.97. The van der Waals surface area contributed by atoms with Crippen LogP contribution in [0.25, 0.3) is 0 Å². The molecule has 1 saturated heterocycles. The Morgan fingerprint density at radius 2 is 2.11 bits per heavy atom. The molecule has 1 heterocycles. The molecule has 0 spiro atoms. The topological polar surface area (TPSA) is 104 Å². The number of benzene rings is 1. The average molecular weight is 264 g/mol. The zero-order valence-corrected chi connectivity index (χ0v) is 10.5. The van der Waals surface area contributed by atoms with Gasteiger partial charge in [-0.3, -0.25) is 4.79 Å². The van der Waals surface area contributed by atoms with Gasteiger partial charge in [-0.05, 0) is 30.7 Å². The molecule has 4 N–H and O–H groups in total. The first kappa shape index (κ1) is 13.4. The molecular weight excluding hydrogens is 248 g/mol. The van der Waals surface area contributed by atoms with Crippen molar-refractivity contribution in [1.29, 1.82) is 0 Å². The van der Waals surface area contributed by atoms with Crippen LogP contribution < -0.4 is 5.73 Å². The van der Waals surface area contributed by atoms with Crippen LogP contribution >= 0.6 is 0 Å². The van der Waals surface area contributed by atoms with Crippen LogP contribution in [0.5, 0.6) is 0 Å². The minimum Gasteiger partial charge on any atom is -0.480 e. The number of aliphatic hydroxyl groups excluding tert-OH is 1. The van der Waals surface area contributed by atoms with Gasteiger partial charge < -0.3 is 20.8 Å². The van der Waals surface area contributed by atoms with Crippen LogP contribution in [0.4, 0.5) is 5.69 Å². The number of β-amino-alcohol motifs (C(OH)–C–C–N with tert-alkyl or cyclic N) is 1. The molecule has 6 heteroatoms. The standard InChI is InChI=1S/C13H16N2O4/c1-7-4-8(2-3-10(7)14)12(17)15-6-9(16)5-11(15)13(18)19/h2-4,9,11,16H,5-6,14H2,1H3,(H,18,19)/t9?,11-/m0/s1. The molecule has 0 aromatic heterocycles. The minimum atomic E-state index is -1.10. The minimum absolute atomic E-state index is 0.0409. The summed E-state index contributed by atoms with van der Waals surface area (Å²) in [5.41, 5.74) is 7.40. The van der Waals surface area contributed by atoms with Gasteiger partial charge >= 0.3 is 5.97 Å². The Kier molecular flexibility index (Phi) is 3.44. The molecule has 1 aromatic rings. The van der Waals surface area contributed by atoms with Crippen molar-refractivity contribution < 1.29 is 19.8 Å². The van der Waals surface area contributed by atoms with Gasteiger partial charge in [0, 0.05) is 24.2 Å². The molecule has 19 heavy (non-hydrogen) atoms. The van der Waals surface area contributed by atoms with Crippen molar-refractivity contribution in [3.8, 4) is 0 Å². The highest BCUT2D eigenvalue weighted by atomic mass is 16.4. The molecule has 0 aliphatic carbocycles. The smallest absolute Gasteiger partial charge is 0.326 e. The number of carbonyl (C=O) groups is 2. The number of aliphatic hydroxyl groups is 1. The normalized spacial score (nSPS) is 22.5. The summed E-state index contributed by atoms with van der Waals surface area (Å²) in [5, 5.41) is 18.6. The number of nitrogen functional groups attached to an aromatic ring is 1. The van der Waals surface area contributed by atoms with Gasteiger partial charge in [-0.15, -0.1) is 0 Å². The molecule has 1 aliphatic rings. The molecule has 0 bridgehead atoms. The second-order valence-corrected chi connectivity index (χ2v) is 4.77. The van der Waals surface area contributed by atoms with Crippen LogP contribution in [0.15, 0.2) is 18.2 Å². The number of anilines is 1. The highest BCUT2D eigenvalue weighted by Crippen LogP contribution is 2.22. The summed E-state index contributed by atoms with van der Waals surface area (Å²) < 4.78 is 0. The van der Waals surface area contributed by atoms with Crippen LogP contribution in [0.3, 0.4) is 0 Å². The van der Waals surface area contributed by atoms with Gasteiger partial charge in [-0.1, -0.05) is 0 Å². The maximum atomic E-state index is 12.3. The van der Waals surface area contributed by atoms with E-state index in [0.29, 0.717) is 11.3 Å². The third-order valence-electron chi connectivity index (χ3n) is 3.34. The number of hydrogen-bond acceptors (Lipinski definition) is 4. The highest BCUT2D eigenvalue weighted by Gasteiger charge is 2.39. The third kappa shape index (κ3) is 2.53. The molecule has 1 fully saturated rings. The number of aryl methyl sites for hydroxylation is 1. The number of nitrogens with zero attached hydrogens (tertiary/aromatic N) is 1. The number of hydrogen-bond donors (Lipinski definition) is 3. The van der Waals surface area contributed by atoms with Crippen molar-refractivity contribution in [3.63, 3.8) is 0 Å². The van der Waals surface area contributed by atoms with Crippen molar-refractivity contribution in [1.82, 2.24) is 4.90 Å². The lowest BCUT2D eigenvalue weighted by Gasteiger charge is -2.21. The van der Waals surface area contributed by atoms with Crippen LogP contribution in [0.1, 0.15) is 22.3 Å². The summed E-state index contributed by atoms with van der Waals surface area (Å²) in [6.45, 7) is 1.82. The van der Waals surface area contributed by atoms with E-state index < -0.39 is 24.0 Å². The molecule has 2 atom stereocenters. The quantitative estimate of drug-likeness (QED) is 0.664. The largest absolute Gasteiger partial charge is 0.480 e. The Balaban J connectivity index is 2.27. The maximum Gasteiger partial charge on any atom is 0.326 e. The number of carboxylic acids is 1. The van der Waals surface area contributed by atoms with E-state index in [0.717, 1.165) is 5.56 Å². The molecule has 1 aliphatic heterocycles. The predicted molar refractivity (Wildman–Crippen MR) is 68.7 cm³/mol. The summed E-state index contributed by atoms with van der Waals surface area (Å²) in [4.78, 5) is 24.6. The van der Waals surface area contributed by atoms with E-state index in [2.05, 4.69) is 0 Å². The van der Waals surface area contributed by atoms with Gasteiger partial charge in [0.05, 0.1) is 6.10 Å². The van der Waals surface area contributed by atoms with Crippen LogP contribution in [-0.2, 0) is 4.79 Å². The first-order chi connectivity index (χ1) is 8.90. The summed E-state index contributed by atoms with van der Waals surface area (Å²) in [7, 11) is 0. The lowest BCUT2D eigenvalue weighted by atomic mass is 10.1. The van der Waals surface area contributed by atoms with Crippen LogP contribution in [0.2, 0.25) is 0 Å². The first-order valence-corrected chi connectivity index (χ1v) is 5.98. The van der Waals surface area contributed by atoms with Gasteiger partial charge in [0.2, 0.25) is 0 Å². The number of carbonyl (C=O) groups excluding carboxylic acids is 1. The number of likely N-dealkylation sites (tertiary alicyclic amines) is 1. The van der Waals surface area contributed by atoms with E-state index >= 15 is 0 Å². The molecule has 1 amide bonds. The third-order valence-corrected chi connectivity index (χ3v) is 3.34. The zero-order chi connectivity index (χ0) is 14.2. The number of amides is 1. The fourth-order valence-electron chi connectivity index (χ4n) is 2.25.